The van der Waals surface area contributed by atoms with Crippen LogP contribution in [0.25, 0.3) is 0 Å². The minimum Gasteiger partial charge on any atom is -0.305 e. The third-order valence-corrected chi connectivity index (χ3v) is 2.60. The largest absolute Gasteiger partial charge is 0.305 e. The molecule has 0 aromatic heterocycles. The smallest absolute Gasteiger partial charge is 0.152 e. The Balaban J connectivity index is 4.46. The molecule has 2 atom stereocenters. The lowest BCUT2D eigenvalue weighted by Crippen LogP contribution is -2.46. The van der Waals surface area contributed by atoms with Crippen LogP contribution in [0.5, 0.6) is 0 Å². The standard InChI is InChI=1S/C12H25NO/c1-7-10(6)11(13-9(4)5)12(14)8(2)3/h8-11,13H,7H2,1-6H3/t10-,11+/m1/s1. The Morgan fingerprint density at radius 1 is 1.14 bits per heavy atom. The fourth-order valence-corrected chi connectivity index (χ4v) is 1.48. The Morgan fingerprint density at radius 3 is 1.93 bits per heavy atom. The van der Waals surface area contributed by atoms with Crippen LogP contribution < -0.4 is 5.32 Å². The molecule has 14 heavy (non-hydrogen) atoms. The second-order valence-electron chi connectivity index (χ2n) is 4.74. The van der Waals surface area contributed by atoms with E-state index < -0.39 is 0 Å². The summed E-state index contributed by atoms with van der Waals surface area (Å²) >= 11 is 0. The number of carbonyl (C=O) groups excluding carboxylic acids is 1. The first-order chi connectivity index (χ1) is 6.40. The Bertz CT molecular complexity index is 175. The third kappa shape index (κ3) is 4.23. The highest BCUT2D eigenvalue weighted by Crippen LogP contribution is 2.13. The van der Waals surface area contributed by atoms with Crippen LogP contribution in [0.15, 0.2) is 0 Å². The number of carbonyl (C=O) groups is 1. The van der Waals surface area contributed by atoms with Crippen LogP contribution in [-0.4, -0.2) is 17.9 Å². The molecule has 0 rings (SSSR count). The van der Waals surface area contributed by atoms with E-state index in [1.807, 2.05) is 13.8 Å². The Hall–Kier alpha value is -0.370. The molecule has 0 amide bonds. The molecular formula is C12H25NO. The van der Waals surface area contributed by atoms with Crippen molar-refractivity contribution in [2.24, 2.45) is 11.8 Å². The molecule has 0 fully saturated rings. The highest BCUT2D eigenvalue weighted by Gasteiger charge is 2.25. The van der Waals surface area contributed by atoms with Crippen LogP contribution in [0.1, 0.15) is 48.0 Å². The number of rotatable bonds is 6. The van der Waals surface area contributed by atoms with Gasteiger partial charge in [-0.1, -0.05) is 48.0 Å². The maximum Gasteiger partial charge on any atom is 0.152 e. The van der Waals surface area contributed by atoms with Gasteiger partial charge in [-0.3, -0.25) is 4.79 Å². The second kappa shape index (κ2) is 6.18. The van der Waals surface area contributed by atoms with Crippen LogP contribution in [-0.2, 0) is 4.79 Å². The van der Waals surface area contributed by atoms with Gasteiger partial charge in [0.1, 0.15) is 0 Å². The number of nitrogens with one attached hydrogen (secondary N) is 1. The molecule has 0 saturated heterocycles. The van der Waals surface area contributed by atoms with Crippen LogP contribution in [0.2, 0.25) is 0 Å². The van der Waals surface area contributed by atoms with Gasteiger partial charge in [-0.2, -0.15) is 0 Å². The first kappa shape index (κ1) is 13.6. The fourth-order valence-electron chi connectivity index (χ4n) is 1.48. The van der Waals surface area contributed by atoms with Gasteiger partial charge in [0, 0.05) is 12.0 Å². The quantitative estimate of drug-likeness (QED) is 0.712. The van der Waals surface area contributed by atoms with Gasteiger partial charge in [0.25, 0.3) is 0 Å². The lowest BCUT2D eigenvalue weighted by molar-refractivity contribution is -0.125. The van der Waals surface area contributed by atoms with E-state index in [-0.39, 0.29) is 12.0 Å². The molecule has 2 heteroatoms. The molecule has 0 aromatic rings. The molecule has 0 aliphatic rings. The van der Waals surface area contributed by atoms with E-state index in [1.54, 1.807) is 0 Å². The van der Waals surface area contributed by atoms with Gasteiger partial charge in [-0.15, -0.1) is 0 Å². The van der Waals surface area contributed by atoms with Gasteiger partial charge < -0.3 is 5.32 Å². The summed E-state index contributed by atoms with van der Waals surface area (Å²) in [4.78, 5) is 11.9. The minimum atomic E-state index is 0.0278. The molecule has 0 aromatic carbocycles. The summed E-state index contributed by atoms with van der Waals surface area (Å²) in [6.45, 7) is 12.4. The topological polar surface area (TPSA) is 29.1 Å². The van der Waals surface area contributed by atoms with E-state index >= 15 is 0 Å². The van der Waals surface area contributed by atoms with Crippen molar-refractivity contribution in [2.75, 3.05) is 0 Å². The minimum absolute atomic E-state index is 0.0278. The molecule has 0 aliphatic carbocycles. The Morgan fingerprint density at radius 2 is 1.64 bits per heavy atom. The predicted molar refractivity (Wildman–Crippen MR) is 61.4 cm³/mol. The molecule has 0 unspecified atom stereocenters. The van der Waals surface area contributed by atoms with Gasteiger partial charge in [-0.05, 0) is 5.92 Å². The summed E-state index contributed by atoms with van der Waals surface area (Å²) in [5.41, 5.74) is 0. The molecule has 0 spiro atoms. The number of hydrogen-bond donors (Lipinski definition) is 1. The summed E-state index contributed by atoms with van der Waals surface area (Å²) in [7, 11) is 0. The van der Waals surface area contributed by atoms with E-state index in [4.69, 9.17) is 0 Å². The lowest BCUT2D eigenvalue weighted by atomic mass is 9.90. The fraction of sp³-hybridized carbons (Fsp3) is 0.917. The highest BCUT2D eigenvalue weighted by atomic mass is 16.1. The van der Waals surface area contributed by atoms with Crippen molar-refractivity contribution < 1.29 is 4.79 Å². The van der Waals surface area contributed by atoms with Crippen molar-refractivity contribution in [2.45, 2.75) is 60.0 Å². The first-order valence-corrected chi connectivity index (χ1v) is 5.69. The van der Waals surface area contributed by atoms with E-state index in [0.717, 1.165) is 6.42 Å². The first-order valence-electron chi connectivity index (χ1n) is 5.69. The normalized spacial score (nSPS) is 16.0. The van der Waals surface area contributed by atoms with Crippen LogP contribution in [0.3, 0.4) is 0 Å². The number of Topliss-reactive ketones (excluding diaryl/α,β-unsaturated/α-hetero) is 1. The zero-order valence-corrected chi connectivity index (χ0v) is 10.4. The Labute approximate surface area is 88.5 Å². The number of hydrogen-bond acceptors (Lipinski definition) is 2. The van der Waals surface area contributed by atoms with Crippen molar-refractivity contribution in [3.63, 3.8) is 0 Å². The van der Waals surface area contributed by atoms with E-state index in [0.29, 0.717) is 17.7 Å². The van der Waals surface area contributed by atoms with E-state index in [2.05, 4.69) is 33.0 Å². The maximum absolute atomic E-state index is 11.9. The summed E-state index contributed by atoms with van der Waals surface area (Å²) in [6, 6.07) is 0.400. The van der Waals surface area contributed by atoms with Gasteiger partial charge in [0.15, 0.2) is 5.78 Å². The summed E-state index contributed by atoms with van der Waals surface area (Å²) in [6.07, 6.45) is 1.04. The zero-order valence-electron chi connectivity index (χ0n) is 10.4. The second-order valence-corrected chi connectivity index (χ2v) is 4.74. The van der Waals surface area contributed by atoms with Crippen LogP contribution in [0, 0.1) is 11.8 Å². The molecule has 0 saturated carbocycles. The molecular weight excluding hydrogens is 174 g/mol. The van der Waals surface area contributed by atoms with Gasteiger partial charge in [0.05, 0.1) is 6.04 Å². The van der Waals surface area contributed by atoms with Crippen LogP contribution in [0.4, 0.5) is 0 Å². The van der Waals surface area contributed by atoms with Gasteiger partial charge in [0.2, 0.25) is 0 Å². The summed E-state index contributed by atoms with van der Waals surface area (Å²) in [5, 5.41) is 3.36. The van der Waals surface area contributed by atoms with Crippen LogP contribution >= 0.6 is 0 Å². The molecule has 84 valence electrons. The molecule has 2 nitrogen and oxygen atoms in total. The van der Waals surface area contributed by atoms with Crippen molar-refractivity contribution in [1.29, 1.82) is 0 Å². The molecule has 0 radical (unpaired) electrons. The lowest BCUT2D eigenvalue weighted by Gasteiger charge is -2.26. The van der Waals surface area contributed by atoms with E-state index in [9.17, 15) is 4.79 Å². The number of ketones is 1. The van der Waals surface area contributed by atoms with Gasteiger partial charge >= 0.3 is 0 Å². The third-order valence-electron chi connectivity index (χ3n) is 2.60. The Kier molecular flexibility index (Phi) is 6.01. The van der Waals surface area contributed by atoms with E-state index in [1.165, 1.54) is 0 Å². The van der Waals surface area contributed by atoms with Gasteiger partial charge in [-0.25, -0.2) is 0 Å². The molecule has 0 aliphatic heterocycles. The van der Waals surface area contributed by atoms with Crippen molar-refractivity contribution in [3.8, 4) is 0 Å². The predicted octanol–water partition coefficient (Wildman–Crippen LogP) is 2.62. The summed E-state index contributed by atoms with van der Waals surface area (Å²) < 4.78 is 0. The average Bonchev–Trinajstić information content (AvgIpc) is 2.11. The molecule has 1 N–H and O–H groups in total. The van der Waals surface area contributed by atoms with Crippen molar-refractivity contribution in [1.82, 2.24) is 5.32 Å². The highest BCUT2D eigenvalue weighted by molar-refractivity contribution is 5.86. The summed E-state index contributed by atoms with van der Waals surface area (Å²) in [5.74, 6) is 0.889. The SMILES string of the molecule is CC[C@@H](C)[C@H](NC(C)C)C(=O)C(C)C. The average molecular weight is 199 g/mol. The maximum atomic E-state index is 11.9. The molecule has 0 bridgehead atoms. The van der Waals surface area contributed by atoms with Crippen molar-refractivity contribution in [3.05, 3.63) is 0 Å². The molecule has 0 heterocycles. The van der Waals surface area contributed by atoms with Crippen molar-refractivity contribution >= 4 is 5.78 Å². The monoisotopic (exact) mass is 199 g/mol. The zero-order chi connectivity index (χ0) is 11.3.